The van der Waals surface area contributed by atoms with E-state index in [0.717, 1.165) is 0 Å². The topological polar surface area (TPSA) is 74.7 Å². The average Bonchev–Trinajstić information content (AvgIpc) is 3.01. The van der Waals surface area contributed by atoms with Crippen molar-refractivity contribution in [3.63, 3.8) is 0 Å². The van der Waals surface area contributed by atoms with Crippen LogP contribution in [-0.2, 0) is 20.6 Å². The molecule has 1 N–H and O–H groups in total. The van der Waals surface area contributed by atoms with Gasteiger partial charge in [-0.25, -0.2) is 12.8 Å². The van der Waals surface area contributed by atoms with Gasteiger partial charge in [0.2, 0.25) is 10.0 Å². The minimum atomic E-state index is -3.66. The summed E-state index contributed by atoms with van der Waals surface area (Å²) in [7, 11) is -3.66. The molecule has 2 saturated heterocycles. The number of carboxylic acid groups (broad SMARTS) is 1. The minimum absolute atomic E-state index is 0.239. The summed E-state index contributed by atoms with van der Waals surface area (Å²) in [4.78, 5) is 11.2. The van der Waals surface area contributed by atoms with Crippen molar-refractivity contribution in [2.45, 2.75) is 37.1 Å². The number of aliphatic carboxylic acids is 1. The summed E-state index contributed by atoms with van der Waals surface area (Å²) < 4.78 is 40.4. The van der Waals surface area contributed by atoms with Gasteiger partial charge in [-0.15, -0.1) is 0 Å². The van der Waals surface area contributed by atoms with E-state index >= 15 is 0 Å². The summed E-state index contributed by atoms with van der Waals surface area (Å²) in [6.45, 7) is 0. The van der Waals surface area contributed by atoms with Crippen LogP contribution in [0.3, 0.4) is 0 Å². The van der Waals surface area contributed by atoms with Crippen LogP contribution in [0.25, 0.3) is 0 Å². The fourth-order valence-corrected chi connectivity index (χ4v) is 5.86. The maximum Gasteiger partial charge on any atom is 0.308 e. The van der Waals surface area contributed by atoms with Crippen molar-refractivity contribution in [2.24, 2.45) is 5.92 Å². The Balaban J connectivity index is 1.84. The summed E-state index contributed by atoms with van der Waals surface area (Å²) >= 11 is 3.03. The standard InChI is InChI=1S/C14H15BrFNO4S/c15-11-3-1-8(5-12(11)16)7-22(20,21)17-9-2-4-13(17)10(6-9)14(18)19/h1,3,5,9-10,13H,2,4,6-7H2,(H,18,19). The predicted molar refractivity (Wildman–Crippen MR) is 81.1 cm³/mol. The first kappa shape index (κ1) is 15.9. The average molecular weight is 392 g/mol. The number of sulfonamides is 1. The molecule has 0 saturated carbocycles. The highest BCUT2D eigenvalue weighted by Gasteiger charge is 2.53. The molecular weight excluding hydrogens is 377 g/mol. The second-order valence-corrected chi connectivity index (χ2v) is 8.54. The van der Waals surface area contributed by atoms with E-state index < -0.39 is 33.8 Å². The van der Waals surface area contributed by atoms with E-state index in [9.17, 15) is 22.7 Å². The maximum absolute atomic E-state index is 13.5. The second kappa shape index (κ2) is 5.58. The molecule has 0 radical (unpaired) electrons. The van der Waals surface area contributed by atoms with Crippen LogP contribution in [0.5, 0.6) is 0 Å². The van der Waals surface area contributed by atoms with Gasteiger partial charge in [-0.05, 0) is 52.9 Å². The predicted octanol–water partition coefficient (Wildman–Crippen LogP) is 2.36. The lowest BCUT2D eigenvalue weighted by Gasteiger charge is -2.22. The van der Waals surface area contributed by atoms with E-state index in [1.807, 2.05) is 0 Å². The molecule has 120 valence electrons. The van der Waals surface area contributed by atoms with Gasteiger partial charge in [-0.1, -0.05) is 6.07 Å². The first-order valence-corrected chi connectivity index (χ1v) is 9.38. The van der Waals surface area contributed by atoms with Gasteiger partial charge >= 0.3 is 5.97 Å². The van der Waals surface area contributed by atoms with Gasteiger partial charge in [0.05, 0.1) is 16.1 Å². The fraction of sp³-hybridized carbons (Fsp3) is 0.500. The normalized spacial score (nSPS) is 28.2. The number of benzene rings is 1. The zero-order valence-corrected chi connectivity index (χ0v) is 14.0. The van der Waals surface area contributed by atoms with Crippen LogP contribution < -0.4 is 0 Å². The number of hydrogen-bond donors (Lipinski definition) is 1. The summed E-state index contributed by atoms with van der Waals surface area (Å²) in [6, 6.07) is 3.51. The molecule has 0 aromatic heterocycles. The van der Waals surface area contributed by atoms with Gasteiger partial charge in [0.1, 0.15) is 5.82 Å². The first-order valence-electron chi connectivity index (χ1n) is 6.97. The molecule has 22 heavy (non-hydrogen) atoms. The van der Waals surface area contributed by atoms with Crippen LogP contribution in [0.4, 0.5) is 4.39 Å². The number of carbonyl (C=O) groups is 1. The number of halogens is 2. The van der Waals surface area contributed by atoms with Crippen LogP contribution in [-0.4, -0.2) is 35.9 Å². The first-order chi connectivity index (χ1) is 10.3. The number of hydrogen-bond acceptors (Lipinski definition) is 3. The van der Waals surface area contributed by atoms with Gasteiger partial charge in [0, 0.05) is 12.1 Å². The zero-order valence-electron chi connectivity index (χ0n) is 11.6. The van der Waals surface area contributed by atoms with Crippen molar-refractivity contribution >= 4 is 31.9 Å². The van der Waals surface area contributed by atoms with Crippen molar-refractivity contribution in [1.29, 1.82) is 0 Å². The van der Waals surface area contributed by atoms with Crippen molar-refractivity contribution in [3.8, 4) is 0 Å². The summed E-state index contributed by atoms with van der Waals surface area (Å²) in [5, 5.41) is 9.20. The lowest BCUT2D eigenvalue weighted by Crippen LogP contribution is -2.38. The van der Waals surface area contributed by atoms with Crippen LogP contribution in [0, 0.1) is 11.7 Å². The largest absolute Gasteiger partial charge is 0.481 e. The molecule has 2 aliphatic rings. The highest BCUT2D eigenvalue weighted by atomic mass is 79.9. The Morgan fingerprint density at radius 1 is 1.41 bits per heavy atom. The molecule has 3 unspecified atom stereocenters. The molecule has 0 amide bonds. The highest BCUT2D eigenvalue weighted by Crippen LogP contribution is 2.44. The Morgan fingerprint density at radius 2 is 2.14 bits per heavy atom. The van der Waals surface area contributed by atoms with Gasteiger partial charge in [0.25, 0.3) is 0 Å². The molecule has 3 rings (SSSR count). The van der Waals surface area contributed by atoms with E-state index in [1.54, 1.807) is 6.07 Å². The van der Waals surface area contributed by atoms with Crippen LogP contribution in [0.1, 0.15) is 24.8 Å². The minimum Gasteiger partial charge on any atom is -0.481 e. The van der Waals surface area contributed by atoms with Gasteiger partial charge in [0.15, 0.2) is 0 Å². The SMILES string of the molecule is O=C(O)C1CC2CCC1N2S(=O)(=O)Cc1ccc(Br)c(F)c1. The number of rotatable bonds is 4. The molecule has 3 atom stereocenters. The van der Waals surface area contributed by atoms with Crippen LogP contribution in [0.15, 0.2) is 22.7 Å². The van der Waals surface area contributed by atoms with Crippen molar-refractivity contribution in [3.05, 3.63) is 34.1 Å². The summed E-state index contributed by atoms with van der Waals surface area (Å²) in [6.07, 6.45) is 1.64. The Hall–Kier alpha value is -0.990. The molecule has 5 nitrogen and oxygen atoms in total. The lowest BCUT2D eigenvalue weighted by atomic mass is 9.89. The lowest BCUT2D eigenvalue weighted by molar-refractivity contribution is -0.142. The third kappa shape index (κ3) is 2.68. The quantitative estimate of drug-likeness (QED) is 0.854. The Kier molecular flexibility index (Phi) is 4.03. The molecular formula is C14H15BrFNO4S. The summed E-state index contributed by atoms with van der Waals surface area (Å²) in [5.74, 6) is -2.39. The molecule has 2 bridgehead atoms. The Labute approximate surface area is 136 Å². The summed E-state index contributed by atoms with van der Waals surface area (Å²) in [5.41, 5.74) is 0.360. The van der Waals surface area contributed by atoms with Crippen molar-refractivity contribution in [1.82, 2.24) is 4.31 Å². The maximum atomic E-state index is 13.5. The molecule has 2 heterocycles. The zero-order chi connectivity index (χ0) is 16.1. The van der Waals surface area contributed by atoms with Gasteiger partial charge < -0.3 is 5.11 Å². The van der Waals surface area contributed by atoms with Crippen molar-refractivity contribution < 1.29 is 22.7 Å². The Morgan fingerprint density at radius 3 is 2.73 bits per heavy atom. The third-order valence-corrected chi connectivity index (χ3v) is 7.00. The van der Waals surface area contributed by atoms with Crippen LogP contribution in [0.2, 0.25) is 0 Å². The number of fused-ring (bicyclic) bond motifs is 2. The molecule has 2 fully saturated rings. The van der Waals surface area contributed by atoms with E-state index in [0.29, 0.717) is 24.8 Å². The van der Waals surface area contributed by atoms with Crippen LogP contribution >= 0.6 is 15.9 Å². The third-order valence-electron chi connectivity index (χ3n) is 4.44. The van der Waals surface area contributed by atoms with Gasteiger partial charge in [-0.2, -0.15) is 4.31 Å². The number of nitrogens with zero attached hydrogens (tertiary/aromatic N) is 1. The van der Waals surface area contributed by atoms with Gasteiger partial charge in [-0.3, -0.25) is 4.79 Å². The fourth-order valence-electron chi connectivity index (χ4n) is 3.55. The smallest absolute Gasteiger partial charge is 0.308 e. The molecule has 0 spiro atoms. The Bertz CT molecular complexity index is 724. The highest BCUT2D eigenvalue weighted by molar-refractivity contribution is 9.10. The molecule has 0 aliphatic carbocycles. The van der Waals surface area contributed by atoms with E-state index in [4.69, 9.17) is 0 Å². The molecule has 1 aromatic carbocycles. The molecule has 2 aliphatic heterocycles. The van der Waals surface area contributed by atoms with E-state index in [2.05, 4.69) is 15.9 Å². The van der Waals surface area contributed by atoms with E-state index in [1.165, 1.54) is 16.4 Å². The van der Waals surface area contributed by atoms with Crippen molar-refractivity contribution in [2.75, 3.05) is 0 Å². The number of carboxylic acids is 1. The monoisotopic (exact) mass is 391 g/mol. The molecule has 8 heteroatoms. The second-order valence-electron chi connectivity index (χ2n) is 5.81. The molecule has 1 aromatic rings. The van der Waals surface area contributed by atoms with E-state index in [-0.39, 0.29) is 16.3 Å².